The number of benzene rings is 3. The van der Waals surface area contributed by atoms with Crippen LogP contribution in [0.3, 0.4) is 0 Å². The summed E-state index contributed by atoms with van der Waals surface area (Å²) < 4.78 is 33.2. The van der Waals surface area contributed by atoms with E-state index in [-0.39, 0.29) is 104 Å². The Morgan fingerprint density at radius 2 is 1.29 bits per heavy atom. The SMILES string of the molecule is CNC(=O)[C@@H]1CSCC(=O)N[C@@H](CCCCNC(=O)CCC(=O)Nc2ccc3c(S(=O)(=O)O)cccc3c2)C(=O)N[C@H]2CSSC[C@H](NC(=O)[C@H](CC(=O)O)NC(=O)CNC(=O)[C@H](CCCN=C(N)N)NC2=O)C(=O)NC(Cc2ccccc2)C(=O)N1. The van der Waals surface area contributed by atoms with E-state index in [1.165, 1.54) is 37.4 Å². The molecule has 2 fully saturated rings. The first-order valence-corrected chi connectivity index (χ1v) is 32.3. The van der Waals surface area contributed by atoms with E-state index < -0.39 is 136 Å². The number of carboxylic acids is 1. The van der Waals surface area contributed by atoms with Gasteiger partial charge in [-0.1, -0.05) is 70.1 Å². The highest BCUT2D eigenvalue weighted by Gasteiger charge is 2.35. The number of carbonyl (C=O) groups is 12. The third kappa shape index (κ3) is 23.9. The van der Waals surface area contributed by atoms with Gasteiger partial charge in [-0.15, -0.1) is 11.8 Å². The van der Waals surface area contributed by atoms with Gasteiger partial charge in [0.1, 0.15) is 47.2 Å². The Bertz CT molecular complexity index is 3160. The lowest BCUT2D eigenvalue weighted by Gasteiger charge is -2.27. The summed E-state index contributed by atoms with van der Waals surface area (Å²) in [6.45, 7) is -0.779. The molecule has 11 amide bonds. The van der Waals surface area contributed by atoms with Gasteiger partial charge >= 0.3 is 5.97 Å². The van der Waals surface area contributed by atoms with Crippen LogP contribution in [0.5, 0.6) is 0 Å². The molecule has 7 atom stereocenters. The lowest BCUT2D eigenvalue weighted by Crippen LogP contribution is -2.60. The summed E-state index contributed by atoms with van der Waals surface area (Å²) in [5.74, 6) is -12.1. The van der Waals surface area contributed by atoms with Crippen molar-refractivity contribution in [3.05, 3.63) is 72.3 Å². The van der Waals surface area contributed by atoms with Crippen LogP contribution in [0.25, 0.3) is 10.8 Å². The van der Waals surface area contributed by atoms with Gasteiger partial charge in [0.25, 0.3) is 10.1 Å². The van der Waals surface area contributed by atoms with Crippen molar-refractivity contribution in [1.29, 1.82) is 0 Å². The Morgan fingerprint density at radius 1 is 0.667 bits per heavy atom. The normalized spacial score (nSPS) is 21.7. The van der Waals surface area contributed by atoms with Gasteiger partial charge in [-0.05, 0) is 61.3 Å². The van der Waals surface area contributed by atoms with Crippen molar-refractivity contribution in [3.63, 3.8) is 0 Å². The number of carboxylic acid groups (broad SMARTS) is 1. The first kappa shape index (κ1) is 69.6. The minimum atomic E-state index is -4.51. The second-order valence-electron chi connectivity index (χ2n) is 19.8. The summed E-state index contributed by atoms with van der Waals surface area (Å²) in [7, 11) is -1.38. The number of carbonyl (C=O) groups excluding carboxylic acids is 11. The molecule has 87 heavy (non-hydrogen) atoms. The van der Waals surface area contributed by atoms with E-state index in [9.17, 15) is 75.6 Å². The number of unbranched alkanes of at least 4 members (excludes halogenated alkanes) is 1. The van der Waals surface area contributed by atoms with Crippen LogP contribution in [0.1, 0.15) is 56.9 Å². The van der Waals surface area contributed by atoms with Crippen LogP contribution in [0.15, 0.2) is 76.6 Å². The van der Waals surface area contributed by atoms with Crippen LogP contribution < -0.4 is 70.0 Å². The first-order chi connectivity index (χ1) is 41.4. The summed E-state index contributed by atoms with van der Waals surface area (Å²) >= 11 is 0.905. The van der Waals surface area contributed by atoms with Gasteiger partial charge in [0.2, 0.25) is 65.0 Å². The van der Waals surface area contributed by atoms with E-state index >= 15 is 0 Å². The van der Waals surface area contributed by atoms with Crippen molar-refractivity contribution in [2.24, 2.45) is 16.5 Å². The number of aliphatic carboxylic acids is 1. The number of aliphatic imine (C=N–C) groups is 1. The molecule has 34 heteroatoms. The molecule has 472 valence electrons. The minimum absolute atomic E-state index is 0.00119. The number of thioether (sulfide) groups is 1. The molecule has 30 nitrogen and oxygen atoms in total. The molecule has 0 radical (unpaired) electrons. The van der Waals surface area contributed by atoms with Gasteiger partial charge in [-0.2, -0.15) is 8.42 Å². The zero-order valence-electron chi connectivity index (χ0n) is 47.1. The second-order valence-corrected chi connectivity index (χ2v) is 24.7. The number of hydrogen-bond donors (Lipinski definition) is 15. The zero-order valence-corrected chi connectivity index (χ0v) is 50.3. The Kier molecular flexibility index (Phi) is 27.8. The molecule has 3 aromatic rings. The lowest BCUT2D eigenvalue weighted by molar-refractivity contribution is -0.141. The lowest BCUT2D eigenvalue weighted by atomic mass is 10.0. The molecule has 0 aromatic heterocycles. The van der Waals surface area contributed by atoms with Gasteiger partial charge in [0, 0.05) is 67.7 Å². The Labute approximate surface area is 511 Å². The molecule has 2 heterocycles. The molecule has 2 saturated heterocycles. The van der Waals surface area contributed by atoms with Crippen molar-refractivity contribution in [2.75, 3.05) is 55.0 Å². The fourth-order valence-electron chi connectivity index (χ4n) is 8.64. The fraction of sp³-hybridized carbons (Fsp3) is 0.453. The summed E-state index contributed by atoms with van der Waals surface area (Å²) in [5, 5.41) is 38.4. The van der Waals surface area contributed by atoms with Crippen molar-refractivity contribution >= 4 is 137 Å². The first-order valence-electron chi connectivity index (χ1n) is 27.2. The summed E-state index contributed by atoms with van der Waals surface area (Å²) in [4.78, 5) is 167. The number of nitrogens with two attached hydrogens (primary N) is 2. The number of hydrogen-bond acceptors (Lipinski definition) is 18. The molecule has 0 spiro atoms. The average Bonchev–Trinajstić information content (AvgIpc) is 2.11. The maximum Gasteiger partial charge on any atom is 0.305 e. The molecular formula is C53H70N14O16S4. The molecule has 2 bridgehead atoms. The quantitative estimate of drug-likeness (QED) is 0.0190. The highest BCUT2D eigenvalue weighted by molar-refractivity contribution is 8.76. The van der Waals surface area contributed by atoms with E-state index in [1.807, 2.05) is 0 Å². The number of guanidine groups is 1. The average molecular weight is 1290 g/mol. The number of likely N-dealkylation sites (N-methyl/N-ethyl adjacent to an activating group) is 1. The molecule has 3 aromatic carbocycles. The second kappa shape index (κ2) is 34.8. The summed E-state index contributed by atoms with van der Waals surface area (Å²) in [6, 6.07) is 6.68. The van der Waals surface area contributed by atoms with Crippen molar-refractivity contribution in [3.8, 4) is 0 Å². The van der Waals surface area contributed by atoms with Gasteiger partial charge in [-0.25, -0.2) is 0 Å². The minimum Gasteiger partial charge on any atom is -0.481 e. The number of nitrogens with one attached hydrogen (secondary N) is 11. The molecule has 1 unspecified atom stereocenters. The fourth-order valence-corrected chi connectivity index (χ4v) is 12.5. The van der Waals surface area contributed by atoms with E-state index in [0.29, 0.717) is 16.6 Å². The highest BCUT2D eigenvalue weighted by atomic mass is 33.1. The maximum atomic E-state index is 14.4. The maximum absolute atomic E-state index is 14.4. The summed E-state index contributed by atoms with van der Waals surface area (Å²) in [5.41, 5.74) is 11.8. The van der Waals surface area contributed by atoms with Crippen LogP contribution in [0.4, 0.5) is 5.69 Å². The van der Waals surface area contributed by atoms with E-state index in [4.69, 9.17) is 11.5 Å². The largest absolute Gasteiger partial charge is 0.481 e. The van der Waals surface area contributed by atoms with Gasteiger partial charge in [-0.3, -0.25) is 67.1 Å². The predicted molar refractivity (Wildman–Crippen MR) is 324 cm³/mol. The van der Waals surface area contributed by atoms with E-state index in [1.54, 1.807) is 36.4 Å². The van der Waals surface area contributed by atoms with Crippen molar-refractivity contribution in [2.45, 2.75) is 105 Å². The monoisotopic (exact) mass is 1290 g/mol. The molecule has 17 N–H and O–H groups in total. The van der Waals surface area contributed by atoms with Gasteiger partial charge in [0.15, 0.2) is 5.96 Å². The third-order valence-electron chi connectivity index (χ3n) is 13.0. The standard InChI is InChI=1S/C53H70N14O16S4/c1-56-46(74)37-25-84-28-44(71)61-34(12-5-6-19-57-41(68)17-18-42(69)60-31-15-16-32-30(22-31)11-7-14-40(32)87(81,82)83)48(76)66-38-26-85-86-27-39(52(80)64-35(49(77)65-37)21-29-9-3-2-4-10-29)67-50(78)36(23-45(72)73)62-43(70)24-59-47(75)33(63-51(38)79)13-8-20-58-53(54)55/h2-4,7,9-11,14-16,22,33-39H,5-6,8,12-13,17-21,23-28H2,1H3,(H,56,74)(H,57,68)(H,59,75)(H,60,69)(H,61,71)(H,62,70)(H,63,79)(H,64,80)(H,65,77)(H,66,76)(H,67,78)(H,72,73)(H4,54,55,58)(H,81,82,83)/t33-,34-,35?,36-,37-,38-,39-/m0/s1. The highest BCUT2D eigenvalue weighted by Crippen LogP contribution is 2.27. The summed E-state index contributed by atoms with van der Waals surface area (Å²) in [6.07, 6.45) is -1.26. The van der Waals surface area contributed by atoms with Crippen LogP contribution in [-0.2, 0) is 74.1 Å². The number of anilines is 1. The molecule has 5 rings (SSSR count). The number of amides is 11. The Hall–Kier alpha value is -8.21. The van der Waals surface area contributed by atoms with E-state index in [0.717, 1.165) is 33.3 Å². The van der Waals surface area contributed by atoms with Gasteiger partial charge in [0.05, 0.1) is 18.7 Å². The Morgan fingerprint density at radius 3 is 1.94 bits per heavy atom. The number of rotatable bonds is 19. The molecule has 2 aliphatic rings. The van der Waals surface area contributed by atoms with Crippen LogP contribution in [0, 0.1) is 0 Å². The topological polar surface area (TPSA) is 476 Å². The predicted octanol–water partition coefficient (Wildman–Crippen LogP) is -2.74. The molecule has 2 aliphatic heterocycles. The van der Waals surface area contributed by atoms with Crippen LogP contribution >= 0.6 is 33.3 Å². The molecule has 0 aliphatic carbocycles. The molecular weight excluding hydrogens is 1220 g/mol. The third-order valence-corrected chi connectivity index (χ3v) is 17.4. The van der Waals surface area contributed by atoms with Crippen molar-refractivity contribution < 1.29 is 75.6 Å². The molecule has 0 saturated carbocycles. The van der Waals surface area contributed by atoms with Crippen LogP contribution in [-0.4, -0.2) is 187 Å². The van der Waals surface area contributed by atoms with Crippen molar-refractivity contribution in [1.82, 2.24) is 53.2 Å². The number of nitrogens with zero attached hydrogens (tertiary/aromatic N) is 1. The van der Waals surface area contributed by atoms with Gasteiger partial charge < -0.3 is 75.1 Å². The smallest absolute Gasteiger partial charge is 0.305 e. The Balaban J connectivity index is 1.39. The van der Waals surface area contributed by atoms with Crippen LogP contribution in [0.2, 0.25) is 0 Å². The zero-order chi connectivity index (χ0) is 63.6. The number of fused-ring (bicyclic) bond motifs is 6. The van der Waals surface area contributed by atoms with E-state index in [2.05, 4.69) is 63.5 Å².